The summed E-state index contributed by atoms with van der Waals surface area (Å²) >= 11 is 0. The summed E-state index contributed by atoms with van der Waals surface area (Å²) in [6, 6.07) is 7.93. The standard InChI is InChI=1S/C16H17N3O3S/c1-11-2-5-14(23(21,22)19-13-3-4-13)10-15(11)16(20)18-12-6-8-17-9-7-12/h2,5-10,13,19H,3-4H2,1H3,(H,17,18,20). The third-order valence-electron chi connectivity index (χ3n) is 3.60. The second-order valence-corrected chi connectivity index (χ2v) is 7.28. The number of nitrogens with zero attached hydrogens (tertiary/aromatic N) is 1. The van der Waals surface area contributed by atoms with E-state index in [0.29, 0.717) is 16.8 Å². The number of anilines is 1. The van der Waals surface area contributed by atoms with Gasteiger partial charge in [-0.1, -0.05) is 6.07 Å². The van der Waals surface area contributed by atoms with Gasteiger partial charge in [0.15, 0.2) is 0 Å². The Balaban J connectivity index is 1.86. The molecule has 2 aromatic rings. The lowest BCUT2D eigenvalue weighted by molar-refractivity contribution is 0.102. The summed E-state index contributed by atoms with van der Waals surface area (Å²) in [4.78, 5) is 16.4. The number of hydrogen-bond donors (Lipinski definition) is 2. The fourth-order valence-electron chi connectivity index (χ4n) is 2.14. The van der Waals surface area contributed by atoms with Crippen LogP contribution in [0.2, 0.25) is 0 Å². The van der Waals surface area contributed by atoms with Crippen LogP contribution < -0.4 is 10.0 Å². The average molecular weight is 331 g/mol. The van der Waals surface area contributed by atoms with Crippen LogP contribution in [0.3, 0.4) is 0 Å². The molecule has 1 aromatic heterocycles. The quantitative estimate of drug-likeness (QED) is 0.878. The lowest BCUT2D eigenvalue weighted by atomic mass is 10.1. The Kier molecular flexibility index (Phi) is 4.14. The van der Waals surface area contributed by atoms with Gasteiger partial charge in [0.1, 0.15) is 0 Å². The van der Waals surface area contributed by atoms with E-state index in [1.54, 1.807) is 37.5 Å². The Morgan fingerprint density at radius 3 is 2.52 bits per heavy atom. The second-order valence-electron chi connectivity index (χ2n) is 5.56. The van der Waals surface area contributed by atoms with Crippen LogP contribution in [0.4, 0.5) is 5.69 Å². The van der Waals surface area contributed by atoms with E-state index in [2.05, 4.69) is 15.0 Å². The van der Waals surface area contributed by atoms with Gasteiger partial charge in [-0.05, 0) is 49.6 Å². The van der Waals surface area contributed by atoms with Crippen LogP contribution >= 0.6 is 0 Å². The molecule has 0 radical (unpaired) electrons. The maximum absolute atomic E-state index is 12.4. The van der Waals surface area contributed by atoms with Crippen molar-refractivity contribution in [3.05, 3.63) is 53.9 Å². The van der Waals surface area contributed by atoms with Gasteiger partial charge in [-0.15, -0.1) is 0 Å². The van der Waals surface area contributed by atoms with Gasteiger partial charge in [-0.3, -0.25) is 9.78 Å². The molecule has 0 unspecified atom stereocenters. The number of benzene rings is 1. The number of carbonyl (C=O) groups is 1. The highest BCUT2D eigenvalue weighted by molar-refractivity contribution is 7.89. The lowest BCUT2D eigenvalue weighted by Gasteiger charge is -2.11. The van der Waals surface area contributed by atoms with Crippen molar-refractivity contribution in [1.29, 1.82) is 0 Å². The molecule has 2 N–H and O–H groups in total. The Labute approximate surface area is 135 Å². The molecule has 0 saturated heterocycles. The highest BCUT2D eigenvalue weighted by Gasteiger charge is 2.28. The highest BCUT2D eigenvalue weighted by atomic mass is 32.2. The van der Waals surface area contributed by atoms with E-state index < -0.39 is 10.0 Å². The summed E-state index contributed by atoms with van der Waals surface area (Å²) in [5.74, 6) is -0.350. The molecule has 1 fully saturated rings. The van der Waals surface area contributed by atoms with Crippen LogP contribution in [-0.4, -0.2) is 25.4 Å². The van der Waals surface area contributed by atoms with Crippen LogP contribution in [0.5, 0.6) is 0 Å². The van der Waals surface area contributed by atoms with Gasteiger partial charge in [0.25, 0.3) is 5.91 Å². The fourth-order valence-corrected chi connectivity index (χ4v) is 3.47. The Hall–Kier alpha value is -2.25. The average Bonchev–Trinajstić information content (AvgIpc) is 3.31. The molecule has 0 bridgehead atoms. The Morgan fingerprint density at radius 2 is 1.87 bits per heavy atom. The minimum absolute atomic E-state index is 0.0235. The molecule has 6 nitrogen and oxygen atoms in total. The summed E-state index contributed by atoms with van der Waals surface area (Å²) in [5, 5.41) is 2.74. The molecule has 23 heavy (non-hydrogen) atoms. The van der Waals surface area contributed by atoms with Gasteiger partial charge >= 0.3 is 0 Å². The zero-order valence-corrected chi connectivity index (χ0v) is 13.4. The van der Waals surface area contributed by atoms with Gasteiger partial charge in [0.05, 0.1) is 4.90 Å². The SMILES string of the molecule is Cc1ccc(S(=O)(=O)NC2CC2)cc1C(=O)Nc1ccncc1. The molecular formula is C16H17N3O3S. The van der Waals surface area contributed by atoms with Crippen molar-refractivity contribution >= 4 is 21.6 Å². The molecule has 3 rings (SSSR count). The van der Waals surface area contributed by atoms with Gasteiger partial charge in [0.2, 0.25) is 10.0 Å². The monoisotopic (exact) mass is 331 g/mol. The van der Waals surface area contributed by atoms with E-state index in [1.807, 2.05) is 0 Å². The summed E-state index contributed by atoms with van der Waals surface area (Å²) in [7, 11) is -3.58. The third kappa shape index (κ3) is 3.75. The first-order valence-corrected chi connectivity index (χ1v) is 8.78. The lowest BCUT2D eigenvalue weighted by Crippen LogP contribution is -2.26. The molecule has 120 valence electrons. The predicted octanol–water partition coefficient (Wildman–Crippen LogP) is 2.08. The van der Waals surface area contributed by atoms with Crippen molar-refractivity contribution in [1.82, 2.24) is 9.71 Å². The second kappa shape index (κ2) is 6.10. The number of hydrogen-bond acceptors (Lipinski definition) is 4. The van der Waals surface area contributed by atoms with Crippen LogP contribution in [0.25, 0.3) is 0 Å². The topological polar surface area (TPSA) is 88.2 Å². The van der Waals surface area contributed by atoms with Crippen LogP contribution in [0, 0.1) is 6.92 Å². The summed E-state index contributed by atoms with van der Waals surface area (Å²) in [6.07, 6.45) is 4.87. The van der Waals surface area contributed by atoms with E-state index in [0.717, 1.165) is 12.8 Å². The van der Waals surface area contributed by atoms with Gasteiger partial charge in [0, 0.05) is 29.7 Å². The van der Waals surface area contributed by atoms with Crippen molar-refractivity contribution in [2.24, 2.45) is 0 Å². The molecule has 1 saturated carbocycles. The van der Waals surface area contributed by atoms with E-state index >= 15 is 0 Å². The van der Waals surface area contributed by atoms with Gasteiger partial charge in [-0.25, -0.2) is 13.1 Å². The number of carbonyl (C=O) groups excluding carboxylic acids is 1. The fraction of sp³-hybridized carbons (Fsp3) is 0.250. The number of amides is 1. The van der Waals surface area contributed by atoms with Gasteiger partial charge < -0.3 is 5.32 Å². The maximum Gasteiger partial charge on any atom is 0.255 e. The molecule has 1 aromatic carbocycles. The molecule has 1 amide bonds. The van der Waals surface area contributed by atoms with Crippen molar-refractivity contribution in [3.8, 4) is 0 Å². The van der Waals surface area contributed by atoms with E-state index in [1.165, 1.54) is 12.1 Å². The third-order valence-corrected chi connectivity index (χ3v) is 5.12. The first-order valence-electron chi connectivity index (χ1n) is 7.30. The number of sulfonamides is 1. The summed E-state index contributed by atoms with van der Waals surface area (Å²) in [6.45, 7) is 1.77. The predicted molar refractivity (Wildman–Crippen MR) is 86.7 cm³/mol. The van der Waals surface area contributed by atoms with Crippen LogP contribution in [0.15, 0.2) is 47.6 Å². The largest absolute Gasteiger partial charge is 0.322 e. The number of nitrogens with one attached hydrogen (secondary N) is 2. The normalized spacial score (nSPS) is 14.5. The minimum atomic E-state index is -3.58. The maximum atomic E-state index is 12.4. The van der Waals surface area contributed by atoms with Crippen molar-refractivity contribution in [2.45, 2.75) is 30.7 Å². The van der Waals surface area contributed by atoms with Crippen molar-refractivity contribution in [3.63, 3.8) is 0 Å². The van der Waals surface area contributed by atoms with E-state index in [-0.39, 0.29) is 16.8 Å². The number of pyridine rings is 1. The summed E-state index contributed by atoms with van der Waals surface area (Å²) < 4.78 is 27.2. The van der Waals surface area contributed by atoms with Crippen LogP contribution in [0.1, 0.15) is 28.8 Å². The number of aryl methyl sites for hydroxylation is 1. The first kappa shape index (κ1) is 15.6. The van der Waals surface area contributed by atoms with Crippen molar-refractivity contribution in [2.75, 3.05) is 5.32 Å². The molecular weight excluding hydrogens is 314 g/mol. The van der Waals surface area contributed by atoms with Gasteiger partial charge in [-0.2, -0.15) is 0 Å². The van der Waals surface area contributed by atoms with Crippen molar-refractivity contribution < 1.29 is 13.2 Å². The molecule has 1 aliphatic rings. The molecule has 7 heteroatoms. The number of aromatic nitrogens is 1. The molecule has 1 aliphatic carbocycles. The minimum Gasteiger partial charge on any atom is -0.322 e. The number of rotatable bonds is 5. The Morgan fingerprint density at radius 1 is 1.17 bits per heavy atom. The van der Waals surface area contributed by atoms with E-state index in [4.69, 9.17) is 0 Å². The molecule has 0 atom stereocenters. The highest BCUT2D eigenvalue weighted by Crippen LogP contribution is 2.23. The van der Waals surface area contributed by atoms with E-state index in [9.17, 15) is 13.2 Å². The smallest absolute Gasteiger partial charge is 0.255 e. The first-order chi connectivity index (χ1) is 11.0. The molecule has 0 aliphatic heterocycles. The zero-order valence-electron chi connectivity index (χ0n) is 12.6. The molecule has 0 spiro atoms. The Bertz CT molecular complexity index is 831. The zero-order chi connectivity index (χ0) is 16.4. The summed E-state index contributed by atoms with van der Waals surface area (Å²) in [5.41, 5.74) is 1.65. The molecule has 1 heterocycles. The van der Waals surface area contributed by atoms with Crippen LogP contribution in [-0.2, 0) is 10.0 Å².